The van der Waals surface area contributed by atoms with Gasteiger partial charge >= 0.3 is 6.09 Å². The Balaban J connectivity index is 1.68. The number of hydrogen-bond acceptors (Lipinski definition) is 9. The summed E-state index contributed by atoms with van der Waals surface area (Å²) in [5.74, 6) is 0. The molecular weight excluding hydrogens is 568 g/mol. The van der Waals surface area contributed by atoms with Crippen LogP contribution in [0.3, 0.4) is 0 Å². The molecule has 2 aromatic carbocycles. The van der Waals surface area contributed by atoms with Gasteiger partial charge in [-0.3, -0.25) is 19.2 Å². The maximum Gasteiger partial charge on any atom is 0.410 e. The third kappa shape index (κ3) is 8.58. The molecule has 1 aliphatic heterocycles. The molecule has 41 heavy (non-hydrogen) atoms. The quantitative estimate of drug-likeness (QED) is 0.158. The van der Waals surface area contributed by atoms with Crippen LogP contribution in [0, 0.1) is 17.0 Å². The van der Waals surface area contributed by atoms with Crippen molar-refractivity contribution in [3.8, 4) is 0 Å². The van der Waals surface area contributed by atoms with Crippen molar-refractivity contribution < 1.29 is 36.6 Å². The lowest BCUT2D eigenvalue weighted by molar-refractivity contribution is -0.384. The Morgan fingerprint density at radius 3 is 2.32 bits per heavy atom. The number of aryl methyl sites for hydroxylation is 1. The Kier molecular flexibility index (Phi) is 10.3. The second-order valence-corrected chi connectivity index (χ2v) is 18.3. The molecule has 3 atom stereocenters. The SMILES string of the molecule is Cc1ccc(S(=O)(=O)OCC[C@@H](O)[C@@H]2C[C@@H](O[Si](C)(C)C(C)(C)C)CN2C(=O)OCc2ccc([N+](=O)[O-])cc2)cc1. The summed E-state index contributed by atoms with van der Waals surface area (Å²) in [4.78, 5) is 25.0. The predicted octanol–water partition coefficient (Wildman–Crippen LogP) is 5.16. The predicted molar refractivity (Wildman–Crippen MR) is 155 cm³/mol. The van der Waals surface area contributed by atoms with E-state index >= 15 is 0 Å². The van der Waals surface area contributed by atoms with Gasteiger partial charge < -0.3 is 14.3 Å². The molecule has 1 amide bonds. The zero-order valence-corrected chi connectivity index (χ0v) is 26.2. The third-order valence-electron chi connectivity index (χ3n) is 7.72. The number of ether oxygens (including phenoxy) is 1. The van der Waals surface area contributed by atoms with Gasteiger partial charge in [-0.15, -0.1) is 0 Å². The minimum Gasteiger partial charge on any atom is -0.445 e. The average molecular weight is 609 g/mol. The number of hydrogen-bond donors (Lipinski definition) is 1. The maximum atomic E-state index is 13.2. The van der Waals surface area contributed by atoms with Crippen LogP contribution in [0.25, 0.3) is 0 Å². The summed E-state index contributed by atoms with van der Waals surface area (Å²) in [6, 6.07) is 11.3. The Labute approximate surface area is 242 Å². The number of amides is 1. The number of benzene rings is 2. The van der Waals surface area contributed by atoms with Gasteiger partial charge in [0.25, 0.3) is 15.8 Å². The molecule has 1 fully saturated rings. The van der Waals surface area contributed by atoms with E-state index in [1.807, 2.05) is 6.92 Å². The number of carbonyl (C=O) groups is 1. The number of rotatable bonds is 11. The van der Waals surface area contributed by atoms with Crippen LogP contribution in [-0.4, -0.2) is 69.2 Å². The lowest BCUT2D eigenvalue weighted by Gasteiger charge is -2.38. The number of carbonyl (C=O) groups excluding carboxylic acids is 1. The van der Waals surface area contributed by atoms with Crippen molar-refractivity contribution in [3.63, 3.8) is 0 Å². The van der Waals surface area contributed by atoms with Gasteiger partial charge in [0.1, 0.15) is 6.61 Å². The lowest BCUT2D eigenvalue weighted by Crippen LogP contribution is -2.45. The summed E-state index contributed by atoms with van der Waals surface area (Å²) in [5.41, 5.74) is 1.42. The number of non-ortho nitro benzene ring substituents is 1. The van der Waals surface area contributed by atoms with Crippen molar-refractivity contribution in [1.29, 1.82) is 0 Å². The van der Waals surface area contributed by atoms with Gasteiger partial charge in [-0.25, -0.2) is 4.79 Å². The monoisotopic (exact) mass is 608 g/mol. The molecule has 13 heteroatoms. The van der Waals surface area contributed by atoms with Crippen LogP contribution in [0.5, 0.6) is 0 Å². The van der Waals surface area contributed by atoms with Crippen LogP contribution in [0.1, 0.15) is 44.7 Å². The second kappa shape index (κ2) is 13.0. The highest BCUT2D eigenvalue weighted by Gasteiger charge is 2.45. The highest BCUT2D eigenvalue weighted by molar-refractivity contribution is 7.86. The van der Waals surface area contributed by atoms with E-state index in [1.54, 1.807) is 12.1 Å². The fourth-order valence-electron chi connectivity index (χ4n) is 4.27. The van der Waals surface area contributed by atoms with E-state index in [4.69, 9.17) is 13.3 Å². The van der Waals surface area contributed by atoms with E-state index < -0.39 is 41.6 Å². The van der Waals surface area contributed by atoms with Gasteiger partial charge in [0.05, 0.1) is 34.7 Å². The van der Waals surface area contributed by atoms with Gasteiger partial charge in [-0.05, 0) is 61.3 Å². The largest absolute Gasteiger partial charge is 0.445 e. The number of nitro groups is 1. The Hall–Kier alpha value is -2.84. The van der Waals surface area contributed by atoms with E-state index in [1.165, 1.54) is 41.3 Å². The second-order valence-electron chi connectivity index (χ2n) is 11.9. The Morgan fingerprint density at radius 2 is 1.76 bits per heavy atom. The lowest BCUT2D eigenvalue weighted by atomic mass is 10.1. The maximum absolute atomic E-state index is 13.2. The summed E-state index contributed by atoms with van der Waals surface area (Å²) in [6.07, 6.45) is -1.77. The fraction of sp³-hybridized carbons (Fsp3) is 0.536. The summed E-state index contributed by atoms with van der Waals surface area (Å²) < 4.78 is 42.3. The first-order valence-corrected chi connectivity index (χ1v) is 17.8. The van der Waals surface area contributed by atoms with E-state index in [0.29, 0.717) is 12.0 Å². The van der Waals surface area contributed by atoms with Gasteiger partial charge in [-0.1, -0.05) is 38.5 Å². The Morgan fingerprint density at radius 1 is 1.15 bits per heavy atom. The molecule has 0 saturated carbocycles. The molecule has 0 radical (unpaired) electrons. The van der Waals surface area contributed by atoms with Crippen molar-refractivity contribution in [1.82, 2.24) is 4.90 Å². The standard InChI is InChI=1S/C28H40N2O9SSi/c1-20-7-13-24(14-8-20)40(35,36)38-16-15-26(31)25-17-23(39-41(5,6)28(2,3)4)18-29(25)27(32)37-19-21-9-11-22(12-10-21)30(33)34/h7-14,23,25-26,31H,15-19H2,1-6H3/t23-,25+,26-/m1/s1. The van der Waals surface area contributed by atoms with Crippen molar-refractivity contribution in [2.45, 2.75) is 88.4 Å². The van der Waals surface area contributed by atoms with Crippen LogP contribution in [0.2, 0.25) is 18.1 Å². The van der Waals surface area contributed by atoms with Crippen molar-refractivity contribution in [2.75, 3.05) is 13.2 Å². The first-order chi connectivity index (χ1) is 19.0. The molecule has 2 aromatic rings. The molecule has 1 aliphatic rings. The van der Waals surface area contributed by atoms with Crippen LogP contribution >= 0.6 is 0 Å². The van der Waals surface area contributed by atoms with Crippen molar-refractivity contribution in [2.24, 2.45) is 0 Å². The first-order valence-electron chi connectivity index (χ1n) is 13.5. The first kappa shape index (κ1) is 32.7. The zero-order chi connectivity index (χ0) is 30.6. The minimum atomic E-state index is -4.00. The fourth-order valence-corrected chi connectivity index (χ4v) is 6.54. The zero-order valence-electron chi connectivity index (χ0n) is 24.4. The molecule has 1 N–H and O–H groups in total. The highest BCUT2D eigenvalue weighted by Crippen LogP contribution is 2.39. The van der Waals surface area contributed by atoms with Gasteiger partial charge in [-0.2, -0.15) is 8.42 Å². The molecule has 1 heterocycles. The minimum absolute atomic E-state index is 0.0257. The summed E-state index contributed by atoms with van der Waals surface area (Å²) in [7, 11) is -6.20. The van der Waals surface area contributed by atoms with E-state index in [2.05, 4.69) is 33.9 Å². The molecule has 0 bridgehead atoms. The average Bonchev–Trinajstić information content (AvgIpc) is 3.30. The van der Waals surface area contributed by atoms with Crippen LogP contribution < -0.4 is 0 Å². The molecule has 0 unspecified atom stereocenters. The van der Waals surface area contributed by atoms with E-state index in [-0.39, 0.29) is 47.9 Å². The topological polar surface area (TPSA) is 146 Å². The van der Waals surface area contributed by atoms with Crippen molar-refractivity contribution >= 4 is 30.2 Å². The number of likely N-dealkylation sites (tertiary alicyclic amines) is 1. The molecule has 3 rings (SSSR count). The molecule has 0 spiro atoms. The number of nitro benzene ring substituents is 1. The number of aliphatic hydroxyl groups excluding tert-OH is 1. The van der Waals surface area contributed by atoms with E-state index in [0.717, 1.165) is 5.56 Å². The van der Waals surface area contributed by atoms with Gasteiger partial charge in [0, 0.05) is 25.1 Å². The molecule has 0 aliphatic carbocycles. The van der Waals surface area contributed by atoms with Crippen LogP contribution in [-0.2, 0) is 30.1 Å². The number of aliphatic hydroxyl groups is 1. The van der Waals surface area contributed by atoms with Crippen molar-refractivity contribution in [3.05, 3.63) is 69.8 Å². The molecule has 0 aromatic heterocycles. The van der Waals surface area contributed by atoms with Gasteiger partial charge in [0.15, 0.2) is 8.32 Å². The highest BCUT2D eigenvalue weighted by atomic mass is 32.2. The van der Waals surface area contributed by atoms with Crippen LogP contribution in [0.15, 0.2) is 53.4 Å². The molecule has 226 valence electrons. The summed E-state index contributed by atoms with van der Waals surface area (Å²) >= 11 is 0. The Bertz CT molecular complexity index is 1310. The van der Waals surface area contributed by atoms with Crippen LogP contribution in [0.4, 0.5) is 10.5 Å². The van der Waals surface area contributed by atoms with Gasteiger partial charge in [0.2, 0.25) is 0 Å². The van der Waals surface area contributed by atoms with E-state index in [9.17, 15) is 28.4 Å². The molecule has 11 nitrogen and oxygen atoms in total. The smallest absolute Gasteiger partial charge is 0.410 e. The summed E-state index contributed by atoms with van der Waals surface area (Å²) in [6.45, 7) is 12.2. The molecule has 1 saturated heterocycles. The third-order valence-corrected chi connectivity index (χ3v) is 13.6. The summed E-state index contributed by atoms with van der Waals surface area (Å²) in [5, 5.41) is 21.9. The number of nitrogens with zero attached hydrogens (tertiary/aromatic N) is 2. The molecular formula is C28H40N2O9SSi. The normalized spacial score (nSPS) is 18.8.